The lowest BCUT2D eigenvalue weighted by Crippen LogP contribution is -2.26. The molecular weight excluding hydrogens is 336 g/mol. The number of pyridine rings is 1. The average Bonchev–Trinajstić information content (AvgIpc) is 3.16. The van der Waals surface area contributed by atoms with Crippen LogP contribution in [0.5, 0.6) is 12.0 Å². The first-order valence-electron chi connectivity index (χ1n) is 8.40. The second-order valence-electron chi connectivity index (χ2n) is 5.96. The maximum absolute atomic E-state index is 11.0. The molecule has 0 saturated carbocycles. The van der Waals surface area contributed by atoms with Crippen molar-refractivity contribution in [3.05, 3.63) is 29.6 Å². The predicted octanol–water partition coefficient (Wildman–Crippen LogP) is 1.26. The van der Waals surface area contributed by atoms with Gasteiger partial charge in [-0.05, 0) is 24.5 Å². The van der Waals surface area contributed by atoms with Crippen LogP contribution < -0.4 is 19.7 Å². The molecule has 0 aliphatic carbocycles. The monoisotopic (exact) mass is 358 g/mol. The zero-order valence-corrected chi connectivity index (χ0v) is 15.1. The fraction of sp³-hybridized carbons (Fsp3) is 0.471. The fourth-order valence-corrected chi connectivity index (χ4v) is 2.92. The Hall–Kier alpha value is -2.97. The molecule has 1 aliphatic heterocycles. The summed E-state index contributed by atoms with van der Waals surface area (Å²) in [5.41, 5.74) is 1.89. The normalized spacial score (nSPS) is 16.4. The Morgan fingerprint density at radius 2 is 1.96 bits per heavy atom. The van der Waals surface area contributed by atoms with E-state index in [0.29, 0.717) is 12.5 Å². The summed E-state index contributed by atoms with van der Waals surface area (Å²) < 4.78 is 10.3. The summed E-state index contributed by atoms with van der Waals surface area (Å²) in [4.78, 5) is 30.4. The molecule has 1 amide bonds. The predicted molar refractivity (Wildman–Crippen MR) is 94.0 cm³/mol. The van der Waals surface area contributed by atoms with Crippen LogP contribution in [0.25, 0.3) is 0 Å². The third-order valence-electron chi connectivity index (χ3n) is 4.19. The quantitative estimate of drug-likeness (QED) is 0.823. The summed E-state index contributed by atoms with van der Waals surface area (Å²) in [6, 6.07) is 4.47. The number of hydrogen-bond donors (Lipinski definition) is 1. The minimum absolute atomic E-state index is 0.0613. The van der Waals surface area contributed by atoms with Gasteiger partial charge in [0.25, 0.3) is 0 Å². The minimum atomic E-state index is -0.0613. The lowest BCUT2D eigenvalue weighted by atomic mass is 10.1. The summed E-state index contributed by atoms with van der Waals surface area (Å²) in [5, 5.41) is 2.77. The van der Waals surface area contributed by atoms with Gasteiger partial charge in [0, 0.05) is 26.2 Å². The van der Waals surface area contributed by atoms with Gasteiger partial charge in [0.1, 0.15) is 0 Å². The zero-order valence-electron chi connectivity index (χ0n) is 15.1. The van der Waals surface area contributed by atoms with E-state index >= 15 is 0 Å². The molecule has 1 fully saturated rings. The van der Waals surface area contributed by atoms with Crippen LogP contribution in [-0.2, 0) is 11.3 Å². The van der Waals surface area contributed by atoms with Gasteiger partial charge >= 0.3 is 12.0 Å². The topological polar surface area (TPSA) is 102 Å². The smallest absolute Gasteiger partial charge is 0.324 e. The first-order valence-corrected chi connectivity index (χ1v) is 8.40. The van der Waals surface area contributed by atoms with Crippen molar-refractivity contribution in [1.29, 1.82) is 0 Å². The van der Waals surface area contributed by atoms with Crippen LogP contribution in [-0.4, -0.2) is 46.6 Å². The van der Waals surface area contributed by atoms with E-state index in [2.05, 4.69) is 30.2 Å². The highest BCUT2D eigenvalue weighted by molar-refractivity contribution is 5.72. The van der Waals surface area contributed by atoms with E-state index in [1.807, 2.05) is 12.1 Å². The summed E-state index contributed by atoms with van der Waals surface area (Å²) in [6.45, 7) is 2.78. The molecule has 9 heteroatoms. The van der Waals surface area contributed by atoms with E-state index in [1.165, 1.54) is 21.1 Å². The standard InChI is InChI=1S/C17H22N6O3/c1-11(24)18-9-12-6-7-13(19-10-12)14-5-4-8-23(14)15-20-16(25-2)22-17(21-15)26-3/h6-7,10,14H,4-5,8-9H2,1-3H3,(H,18,24)/t14-/m0/s1. The second kappa shape index (κ2) is 7.94. The van der Waals surface area contributed by atoms with Gasteiger partial charge in [-0.15, -0.1) is 4.98 Å². The van der Waals surface area contributed by atoms with Crippen molar-refractivity contribution in [2.75, 3.05) is 25.7 Å². The highest BCUT2D eigenvalue weighted by atomic mass is 16.5. The molecule has 0 unspecified atom stereocenters. The van der Waals surface area contributed by atoms with Gasteiger partial charge < -0.3 is 19.7 Å². The van der Waals surface area contributed by atoms with Crippen molar-refractivity contribution >= 4 is 11.9 Å². The van der Waals surface area contributed by atoms with Crippen LogP contribution in [0.2, 0.25) is 0 Å². The van der Waals surface area contributed by atoms with Gasteiger partial charge in [0.05, 0.1) is 26.0 Å². The SMILES string of the molecule is COc1nc(OC)nc(N2CCC[C@H]2c2ccc(CNC(C)=O)cn2)n1. The molecule has 0 aromatic carbocycles. The highest BCUT2D eigenvalue weighted by Gasteiger charge is 2.30. The number of nitrogens with one attached hydrogen (secondary N) is 1. The van der Waals surface area contributed by atoms with E-state index < -0.39 is 0 Å². The Morgan fingerprint density at radius 1 is 1.23 bits per heavy atom. The minimum Gasteiger partial charge on any atom is -0.467 e. The maximum Gasteiger partial charge on any atom is 0.324 e. The van der Waals surface area contributed by atoms with Crippen LogP contribution in [0.1, 0.15) is 37.1 Å². The molecule has 26 heavy (non-hydrogen) atoms. The van der Waals surface area contributed by atoms with Crippen molar-refractivity contribution in [2.24, 2.45) is 0 Å². The van der Waals surface area contributed by atoms with Crippen LogP contribution in [0.4, 0.5) is 5.95 Å². The molecule has 1 N–H and O–H groups in total. The van der Waals surface area contributed by atoms with E-state index in [1.54, 1.807) is 6.20 Å². The van der Waals surface area contributed by atoms with Gasteiger partial charge in [-0.2, -0.15) is 9.97 Å². The Balaban J connectivity index is 1.81. The van der Waals surface area contributed by atoms with Crippen molar-refractivity contribution < 1.29 is 14.3 Å². The number of carbonyl (C=O) groups is 1. The Kier molecular flexibility index (Phi) is 5.45. The fourth-order valence-electron chi connectivity index (χ4n) is 2.92. The molecule has 3 rings (SSSR count). The van der Waals surface area contributed by atoms with Gasteiger partial charge in [-0.1, -0.05) is 6.07 Å². The molecule has 0 spiro atoms. The number of anilines is 1. The average molecular weight is 358 g/mol. The van der Waals surface area contributed by atoms with Crippen LogP contribution in [0.15, 0.2) is 18.3 Å². The van der Waals surface area contributed by atoms with Gasteiger partial charge in [-0.3, -0.25) is 9.78 Å². The third-order valence-corrected chi connectivity index (χ3v) is 4.19. The zero-order chi connectivity index (χ0) is 18.5. The van der Waals surface area contributed by atoms with Crippen molar-refractivity contribution in [1.82, 2.24) is 25.3 Å². The van der Waals surface area contributed by atoms with E-state index in [-0.39, 0.29) is 24.0 Å². The molecule has 1 atom stereocenters. The summed E-state index contributed by atoms with van der Waals surface area (Å²) in [5.74, 6) is 0.453. The number of nitrogens with zero attached hydrogens (tertiary/aromatic N) is 5. The first kappa shape index (κ1) is 17.8. The molecule has 3 heterocycles. The maximum atomic E-state index is 11.0. The number of methoxy groups -OCH3 is 2. The van der Waals surface area contributed by atoms with E-state index in [0.717, 1.165) is 30.6 Å². The summed E-state index contributed by atoms with van der Waals surface area (Å²) in [7, 11) is 3.02. The Labute approximate surface area is 151 Å². The first-order chi connectivity index (χ1) is 12.6. The Bertz CT molecular complexity index is 745. The van der Waals surface area contributed by atoms with Crippen molar-refractivity contribution in [3.63, 3.8) is 0 Å². The molecule has 138 valence electrons. The van der Waals surface area contributed by atoms with Crippen LogP contribution >= 0.6 is 0 Å². The van der Waals surface area contributed by atoms with E-state index in [9.17, 15) is 4.79 Å². The molecule has 2 aromatic heterocycles. The second-order valence-corrected chi connectivity index (χ2v) is 5.96. The Morgan fingerprint density at radius 3 is 2.54 bits per heavy atom. The summed E-state index contributed by atoms with van der Waals surface area (Å²) >= 11 is 0. The largest absolute Gasteiger partial charge is 0.467 e. The number of carbonyl (C=O) groups excluding carboxylic acids is 1. The van der Waals surface area contributed by atoms with Crippen LogP contribution in [0.3, 0.4) is 0 Å². The number of amides is 1. The molecule has 0 radical (unpaired) electrons. The molecule has 2 aromatic rings. The molecule has 1 aliphatic rings. The molecule has 9 nitrogen and oxygen atoms in total. The van der Waals surface area contributed by atoms with Gasteiger partial charge in [-0.25, -0.2) is 0 Å². The number of rotatable bonds is 6. The highest BCUT2D eigenvalue weighted by Crippen LogP contribution is 2.34. The third kappa shape index (κ3) is 3.98. The number of hydrogen-bond acceptors (Lipinski definition) is 8. The van der Waals surface area contributed by atoms with E-state index in [4.69, 9.17) is 9.47 Å². The number of aromatic nitrogens is 4. The lowest BCUT2D eigenvalue weighted by molar-refractivity contribution is -0.119. The van der Waals surface area contributed by atoms with Crippen LogP contribution in [0, 0.1) is 0 Å². The number of ether oxygens (including phenoxy) is 2. The molecule has 0 bridgehead atoms. The van der Waals surface area contributed by atoms with Crippen molar-refractivity contribution in [2.45, 2.75) is 32.4 Å². The van der Waals surface area contributed by atoms with Crippen molar-refractivity contribution in [3.8, 4) is 12.0 Å². The van der Waals surface area contributed by atoms with Gasteiger partial charge in [0.2, 0.25) is 11.9 Å². The molecular formula is C17H22N6O3. The van der Waals surface area contributed by atoms with Gasteiger partial charge in [0.15, 0.2) is 0 Å². The molecule has 1 saturated heterocycles. The lowest BCUT2D eigenvalue weighted by Gasteiger charge is -2.24. The summed E-state index contributed by atoms with van der Waals surface area (Å²) in [6.07, 6.45) is 3.75.